The van der Waals surface area contributed by atoms with Gasteiger partial charge in [0.05, 0.1) is 5.69 Å². The fourth-order valence-corrected chi connectivity index (χ4v) is 2.74. The summed E-state index contributed by atoms with van der Waals surface area (Å²) < 4.78 is 1.95. The molecule has 1 aromatic carbocycles. The summed E-state index contributed by atoms with van der Waals surface area (Å²) in [4.78, 5) is 14.4. The van der Waals surface area contributed by atoms with Gasteiger partial charge in [0.25, 0.3) is 5.91 Å². The van der Waals surface area contributed by atoms with Crippen molar-refractivity contribution in [2.45, 2.75) is 39.5 Å². The van der Waals surface area contributed by atoms with Gasteiger partial charge in [-0.2, -0.15) is 5.10 Å². The fraction of sp³-hybridized carbons (Fsp3) is 0.444. The molecule has 1 aliphatic rings. The first-order valence-electron chi connectivity index (χ1n) is 8.10. The Morgan fingerprint density at radius 1 is 1.23 bits per heavy atom. The van der Waals surface area contributed by atoms with Gasteiger partial charge in [-0.25, -0.2) is 4.68 Å². The number of carbonyl (C=O) groups excluding carboxylic acids is 1. The lowest BCUT2D eigenvalue weighted by molar-refractivity contribution is 0.0766. The van der Waals surface area contributed by atoms with Gasteiger partial charge in [0.1, 0.15) is 0 Å². The molecule has 4 heteroatoms. The summed E-state index contributed by atoms with van der Waals surface area (Å²) in [6.45, 7) is 7.50. The van der Waals surface area contributed by atoms with E-state index in [1.54, 1.807) is 0 Å². The standard InChI is InChI=1S/C18H23N3O/c1-4-20(5-2)18(22)16-12-17(14-8-9-14)21(19-16)15-10-6-13(3)7-11-15/h6-7,10-12,14H,4-5,8-9H2,1-3H3. The van der Waals surface area contributed by atoms with E-state index in [0.29, 0.717) is 24.7 Å². The molecule has 0 N–H and O–H groups in total. The number of benzene rings is 1. The van der Waals surface area contributed by atoms with E-state index in [2.05, 4.69) is 36.3 Å². The molecule has 22 heavy (non-hydrogen) atoms. The van der Waals surface area contributed by atoms with Gasteiger partial charge in [-0.3, -0.25) is 4.79 Å². The topological polar surface area (TPSA) is 38.1 Å². The van der Waals surface area contributed by atoms with Gasteiger partial charge >= 0.3 is 0 Å². The molecule has 0 bridgehead atoms. The van der Waals surface area contributed by atoms with E-state index in [1.165, 1.54) is 24.1 Å². The number of hydrogen-bond donors (Lipinski definition) is 0. The van der Waals surface area contributed by atoms with Gasteiger partial charge in [0.15, 0.2) is 5.69 Å². The number of rotatable bonds is 5. The third kappa shape index (κ3) is 2.78. The van der Waals surface area contributed by atoms with E-state index < -0.39 is 0 Å². The van der Waals surface area contributed by atoms with Crippen LogP contribution in [0.3, 0.4) is 0 Å². The Bertz CT molecular complexity index is 664. The van der Waals surface area contributed by atoms with Crippen molar-refractivity contribution in [3.8, 4) is 5.69 Å². The van der Waals surface area contributed by atoms with Crippen LogP contribution in [0, 0.1) is 6.92 Å². The van der Waals surface area contributed by atoms with E-state index in [9.17, 15) is 4.79 Å². The molecule has 0 saturated heterocycles. The summed E-state index contributed by atoms with van der Waals surface area (Å²) in [6.07, 6.45) is 2.38. The van der Waals surface area contributed by atoms with Gasteiger partial charge < -0.3 is 4.90 Å². The Labute approximate surface area is 131 Å². The Hall–Kier alpha value is -2.10. The lowest BCUT2D eigenvalue weighted by Crippen LogP contribution is -2.30. The van der Waals surface area contributed by atoms with Crippen molar-refractivity contribution in [2.75, 3.05) is 13.1 Å². The molecular weight excluding hydrogens is 274 g/mol. The molecule has 1 saturated carbocycles. The summed E-state index contributed by atoms with van der Waals surface area (Å²) in [5.41, 5.74) is 3.99. The van der Waals surface area contributed by atoms with Crippen molar-refractivity contribution in [1.29, 1.82) is 0 Å². The molecule has 2 aromatic rings. The molecule has 1 heterocycles. The highest BCUT2D eigenvalue weighted by atomic mass is 16.2. The number of nitrogens with zero attached hydrogens (tertiary/aromatic N) is 3. The molecule has 0 atom stereocenters. The van der Waals surface area contributed by atoms with Crippen LogP contribution < -0.4 is 0 Å². The van der Waals surface area contributed by atoms with Crippen LogP contribution >= 0.6 is 0 Å². The first-order valence-corrected chi connectivity index (χ1v) is 8.10. The van der Waals surface area contributed by atoms with Crippen LogP contribution in [-0.2, 0) is 0 Å². The minimum Gasteiger partial charge on any atom is -0.338 e. The molecular formula is C18H23N3O. The highest BCUT2D eigenvalue weighted by molar-refractivity contribution is 5.92. The number of amides is 1. The van der Waals surface area contributed by atoms with Gasteiger partial charge in [-0.15, -0.1) is 0 Å². The second kappa shape index (κ2) is 5.95. The normalized spacial score (nSPS) is 14.1. The van der Waals surface area contributed by atoms with Crippen LogP contribution in [0.15, 0.2) is 30.3 Å². The fourth-order valence-electron chi connectivity index (χ4n) is 2.74. The van der Waals surface area contributed by atoms with Crippen molar-refractivity contribution in [2.24, 2.45) is 0 Å². The van der Waals surface area contributed by atoms with E-state index in [0.717, 1.165) is 5.69 Å². The number of aryl methyl sites for hydroxylation is 1. The second-order valence-electron chi connectivity index (χ2n) is 5.95. The first-order chi connectivity index (χ1) is 10.6. The third-order valence-corrected chi connectivity index (χ3v) is 4.28. The van der Waals surface area contributed by atoms with Crippen LogP contribution in [0.25, 0.3) is 5.69 Å². The maximum Gasteiger partial charge on any atom is 0.274 e. The Balaban J connectivity index is 1.99. The predicted octanol–water partition coefficient (Wildman–Crippen LogP) is 3.54. The van der Waals surface area contributed by atoms with Gasteiger partial charge in [0, 0.05) is 24.7 Å². The average Bonchev–Trinajstić information content (AvgIpc) is 3.28. The third-order valence-electron chi connectivity index (χ3n) is 4.28. The molecule has 0 spiro atoms. The number of carbonyl (C=O) groups is 1. The van der Waals surface area contributed by atoms with E-state index in [4.69, 9.17) is 0 Å². The van der Waals surface area contributed by atoms with Gasteiger partial charge in [-0.05, 0) is 51.8 Å². The van der Waals surface area contributed by atoms with Crippen molar-refractivity contribution >= 4 is 5.91 Å². The predicted molar refractivity (Wildman–Crippen MR) is 87.5 cm³/mol. The molecule has 1 amide bonds. The second-order valence-corrected chi connectivity index (χ2v) is 5.95. The monoisotopic (exact) mass is 297 g/mol. The molecule has 0 aliphatic heterocycles. The summed E-state index contributed by atoms with van der Waals surface area (Å²) in [7, 11) is 0. The van der Waals surface area contributed by atoms with E-state index >= 15 is 0 Å². The van der Waals surface area contributed by atoms with Crippen LogP contribution in [0.4, 0.5) is 0 Å². The molecule has 0 unspecified atom stereocenters. The SMILES string of the molecule is CCN(CC)C(=O)c1cc(C2CC2)n(-c2ccc(C)cc2)n1. The maximum absolute atomic E-state index is 12.6. The summed E-state index contributed by atoms with van der Waals surface area (Å²) >= 11 is 0. The zero-order valence-electron chi connectivity index (χ0n) is 13.5. The summed E-state index contributed by atoms with van der Waals surface area (Å²) in [5.74, 6) is 0.574. The minimum atomic E-state index is 0.0257. The number of hydrogen-bond acceptors (Lipinski definition) is 2. The van der Waals surface area contributed by atoms with Crippen molar-refractivity contribution < 1.29 is 4.79 Å². The van der Waals surface area contributed by atoms with Crippen LogP contribution in [0.5, 0.6) is 0 Å². The van der Waals surface area contributed by atoms with Crippen molar-refractivity contribution in [1.82, 2.24) is 14.7 Å². The summed E-state index contributed by atoms with van der Waals surface area (Å²) in [5, 5.41) is 4.61. The lowest BCUT2D eigenvalue weighted by Gasteiger charge is -2.16. The highest BCUT2D eigenvalue weighted by Crippen LogP contribution is 2.41. The Kier molecular flexibility index (Phi) is 4.01. The van der Waals surface area contributed by atoms with Crippen LogP contribution in [0.1, 0.15) is 54.4 Å². The van der Waals surface area contributed by atoms with E-state index in [-0.39, 0.29) is 5.91 Å². The van der Waals surface area contributed by atoms with Crippen LogP contribution in [-0.4, -0.2) is 33.7 Å². The Morgan fingerprint density at radius 3 is 2.41 bits per heavy atom. The zero-order valence-corrected chi connectivity index (χ0v) is 13.5. The van der Waals surface area contributed by atoms with Crippen molar-refractivity contribution in [3.63, 3.8) is 0 Å². The maximum atomic E-state index is 12.6. The largest absolute Gasteiger partial charge is 0.338 e. The van der Waals surface area contributed by atoms with E-state index in [1.807, 2.05) is 29.5 Å². The zero-order chi connectivity index (χ0) is 15.7. The molecule has 1 fully saturated rings. The molecule has 4 nitrogen and oxygen atoms in total. The quantitative estimate of drug-likeness (QED) is 0.846. The lowest BCUT2D eigenvalue weighted by atomic mass is 10.2. The molecule has 1 aliphatic carbocycles. The summed E-state index contributed by atoms with van der Waals surface area (Å²) in [6, 6.07) is 10.3. The first kappa shape index (κ1) is 14.8. The molecule has 1 aromatic heterocycles. The van der Waals surface area contributed by atoms with Gasteiger partial charge in [-0.1, -0.05) is 17.7 Å². The Morgan fingerprint density at radius 2 is 1.86 bits per heavy atom. The smallest absolute Gasteiger partial charge is 0.274 e. The van der Waals surface area contributed by atoms with Crippen LogP contribution in [0.2, 0.25) is 0 Å². The average molecular weight is 297 g/mol. The van der Waals surface area contributed by atoms with Crippen molar-refractivity contribution in [3.05, 3.63) is 47.3 Å². The highest BCUT2D eigenvalue weighted by Gasteiger charge is 2.30. The minimum absolute atomic E-state index is 0.0257. The molecule has 116 valence electrons. The molecule has 0 radical (unpaired) electrons. The molecule has 3 rings (SSSR count). The van der Waals surface area contributed by atoms with Gasteiger partial charge in [0.2, 0.25) is 0 Å². The number of aromatic nitrogens is 2.